The van der Waals surface area contributed by atoms with Gasteiger partial charge in [-0.3, -0.25) is 4.79 Å². The molecule has 6 heteroatoms. The molecule has 0 unspecified atom stereocenters. The number of carbonyl (C=O) groups excluding carboxylic acids is 1. The second-order valence-corrected chi connectivity index (χ2v) is 4.75. The van der Waals surface area contributed by atoms with Crippen molar-refractivity contribution in [1.82, 2.24) is 5.32 Å². The van der Waals surface area contributed by atoms with Crippen molar-refractivity contribution in [3.63, 3.8) is 0 Å². The van der Waals surface area contributed by atoms with Gasteiger partial charge in [-0.05, 0) is 12.5 Å². The van der Waals surface area contributed by atoms with Crippen molar-refractivity contribution in [3.8, 4) is 0 Å². The third kappa shape index (κ3) is 5.63. The number of rotatable bonds is 8. The average Bonchev–Trinajstić information content (AvgIpc) is 2.42. The minimum absolute atomic E-state index is 0.135. The number of hydrogen-bond acceptors (Lipinski definition) is 3. The van der Waals surface area contributed by atoms with Crippen LogP contribution in [0.5, 0.6) is 0 Å². The van der Waals surface area contributed by atoms with E-state index < -0.39 is 5.82 Å². The first kappa shape index (κ1) is 16.5. The first-order chi connectivity index (χ1) is 9.54. The van der Waals surface area contributed by atoms with Crippen molar-refractivity contribution in [2.75, 3.05) is 13.2 Å². The number of nitrogens with two attached hydrogens (primary N) is 1. The van der Waals surface area contributed by atoms with Crippen molar-refractivity contribution in [2.24, 2.45) is 5.73 Å². The Bertz CT molecular complexity index is 480. The SMILES string of the molecule is CCCOCCC(=O)NCc1ccc(C(N)=S)cc1F. The van der Waals surface area contributed by atoms with Crippen LogP contribution in [0.4, 0.5) is 4.39 Å². The summed E-state index contributed by atoms with van der Waals surface area (Å²) >= 11 is 4.77. The molecular formula is C14H19FN2O2S. The molecule has 0 atom stereocenters. The Morgan fingerprint density at radius 1 is 1.45 bits per heavy atom. The molecule has 0 saturated heterocycles. The highest BCUT2D eigenvalue weighted by atomic mass is 32.1. The number of amides is 1. The van der Waals surface area contributed by atoms with E-state index in [1.165, 1.54) is 6.07 Å². The molecule has 1 amide bonds. The van der Waals surface area contributed by atoms with Crippen LogP contribution < -0.4 is 11.1 Å². The van der Waals surface area contributed by atoms with Gasteiger partial charge in [0.05, 0.1) is 6.61 Å². The summed E-state index contributed by atoms with van der Waals surface area (Å²) in [5.74, 6) is -0.600. The molecule has 0 heterocycles. The van der Waals surface area contributed by atoms with Gasteiger partial charge in [0.25, 0.3) is 0 Å². The molecule has 20 heavy (non-hydrogen) atoms. The van der Waals surface area contributed by atoms with Crippen molar-refractivity contribution < 1.29 is 13.9 Å². The molecule has 1 rings (SSSR count). The fraction of sp³-hybridized carbons (Fsp3) is 0.429. The van der Waals surface area contributed by atoms with Crippen molar-refractivity contribution in [3.05, 3.63) is 35.1 Å². The van der Waals surface area contributed by atoms with Gasteiger partial charge in [0.15, 0.2) is 0 Å². The molecule has 1 aromatic carbocycles. The zero-order valence-corrected chi connectivity index (χ0v) is 12.3. The molecule has 3 N–H and O–H groups in total. The molecule has 110 valence electrons. The standard InChI is InChI=1S/C14H19FN2O2S/c1-2-6-19-7-5-13(18)17-9-11-4-3-10(14(16)20)8-12(11)15/h3-4,8H,2,5-7,9H2,1H3,(H2,16,20)(H,17,18). The fourth-order valence-electron chi connectivity index (χ4n) is 1.54. The number of nitrogens with one attached hydrogen (secondary N) is 1. The summed E-state index contributed by atoms with van der Waals surface area (Å²) in [6, 6.07) is 4.48. The molecule has 0 aliphatic heterocycles. The number of halogens is 1. The fourth-order valence-corrected chi connectivity index (χ4v) is 1.66. The summed E-state index contributed by atoms with van der Waals surface area (Å²) in [5.41, 5.74) is 6.28. The Hall–Kier alpha value is -1.53. The van der Waals surface area contributed by atoms with E-state index in [2.05, 4.69) is 5.32 Å². The normalized spacial score (nSPS) is 10.3. The zero-order valence-electron chi connectivity index (χ0n) is 11.4. The predicted molar refractivity (Wildman–Crippen MR) is 79.9 cm³/mol. The zero-order chi connectivity index (χ0) is 15.0. The number of benzene rings is 1. The number of carbonyl (C=O) groups is 1. The van der Waals surface area contributed by atoms with E-state index in [0.717, 1.165) is 6.42 Å². The van der Waals surface area contributed by atoms with Crippen LogP contribution >= 0.6 is 12.2 Å². The van der Waals surface area contributed by atoms with Crippen molar-refractivity contribution in [2.45, 2.75) is 26.3 Å². The highest BCUT2D eigenvalue weighted by Gasteiger charge is 2.07. The highest BCUT2D eigenvalue weighted by molar-refractivity contribution is 7.80. The molecule has 0 bridgehead atoms. The summed E-state index contributed by atoms with van der Waals surface area (Å²) < 4.78 is 18.9. The molecule has 0 aliphatic carbocycles. The van der Waals surface area contributed by atoms with E-state index in [1.54, 1.807) is 12.1 Å². The van der Waals surface area contributed by atoms with Crippen LogP contribution in [0.2, 0.25) is 0 Å². The monoisotopic (exact) mass is 298 g/mol. The van der Waals surface area contributed by atoms with Crippen LogP contribution in [0, 0.1) is 5.82 Å². The summed E-state index contributed by atoms with van der Waals surface area (Å²) in [6.07, 6.45) is 1.19. The van der Waals surface area contributed by atoms with Gasteiger partial charge in [-0.1, -0.05) is 31.3 Å². The Balaban J connectivity index is 2.41. The van der Waals surface area contributed by atoms with Crippen molar-refractivity contribution >= 4 is 23.1 Å². The quantitative estimate of drug-likeness (QED) is 0.568. The predicted octanol–water partition coefficient (Wildman–Crippen LogP) is 1.89. The first-order valence-electron chi connectivity index (χ1n) is 6.47. The molecule has 0 saturated carbocycles. The molecule has 1 aromatic rings. The smallest absolute Gasteiger partial charge is 0.222 e. The maximum absolute atomic E-state index is 13.7. The van der Waals surface area contributed by atoms with Crippen molar-refractivity contribution in [1.29, 1.82) is 0 Å². The lowest BCUT2D eigenvalue weighted by Crippen LogP contribution is -2.24. The van der Waals surface area contributed by atoms with Gasteiger partial charge in [-0.15, -0.1) is 0 Å². The molecular weight excluding hydrogens is 279 g/mol. The maximum Gasteiger partial charge on any atom is 0.222 e. The molecule has 0 spiro atoms. The molecule has 0 aromatic heterocycles. The Kier molecular flexibility index (Phi) is 7.11. The van der Waals surface area contributed by atoms with Gasteiger partial charge >= 0.3 is 0 Å². The van der Waals surface area contributed by atoms with E-state index >= 15 is 0 Å². The average molecular weight is 298 g/mol. The third-order valence-corrected chi connectivity index (χ3v) is 2.87. The first-order valence-corrected chi connectivity index (χ1v) is 6.88. The van der Waals surface area contributed by atoms with Gasteiger partial charge in [0.1, 0.15) is 10.8 Å². The largest absolute Gasteiger partial charge is 0.389 e. The van der Waals surface area contributed by atoms with E-state index in [4.69, 9.17) is 22.7 Å². The maximum atomic E-state index is 13.7. The molecule has 0 radical (unpaired) electrons. The molecule has 4 nitrogen and oxygen atoms in total. The molecule has 0 aliphatic rings. The van der Waals surface area contributed by atoms with Crippen LogP contribution in [-0.2, 0) is 16.1 Å². The molecule has 0 fully saturated rings. The summed E-state index contributed by atoms with van der Waals surface area (Å²) in [7, 11) is 0. The number of ether oxygens (including phenoxy) is 1. The number of hydrogen-bond donors (Lipinski definition) is 2. The van der Waals surface area contributed by atoms with Gasteiger partial charge < -0.3 is 15.8 Å². The van der Waals surface area contributed by atoms with E-state index in [9.17, 15) is 9.18 Å². The topological polar surface area (TPSA) is 64.3 Å². The lowest BCUT2D eigenvalue weighted by Gasteiger charge is -2.08. The summed E-state index contributed by atoms with van der Waals surface area (Å²) in [4.78, 5) is 11.7. The van der Waals surface area contributed by atoms with Crippen LogP contribution in [0.15, 0.2) is 18.2 Å². The Morgan fingerprint density at radius 2 is 2.20 bits per heavy atom. The summed E-state index contributed by atoms with van der Waals surface area (Å²) in [6.45, 7) is 3.15. The summed E-state index contributed by atoms with van der Waals surface area (Å²) in [5, 5.41) is 2.64. The minimum atomic E-state index is -0.433. The Labute approximate surface area is 123 Å². The van der Waals surface area contributed by atoms with Crippen LogP contribution in [0.1, 0.15) is 30.9 Å². The van der Waals surface area contributed by atoms with Gasteiger partial charge in [-0.2, -0.15) is 0 Å². The van der Waals surface area contributed by atoms with E-state index in [0.29, 0.717) is 24.3 Å². The Morgan fingerprint density at radius 3 is 2.80 bits per heavy atom. The minimum Gasteiger partial charge on any atom is -0.389 e. The van der Waals surface area contributed by atoms with Gasteiger partial charge in [0.2, 0.25) is 5.91 Å². The van der Waals surface area contributed by atoms with Crippen LogP contribution in [0.3, 0.4) is 0 Å². The van der Waals surface area contributed by atoms with Gasteiger partial charge in [-0.25, -0.2) is 4.39 Å². The lowest BCUT2D eigenvalue weighted by atomic mass is 10.1. The van der Waals surface area contributed by atoms with Crippen LogP contribution in [-0.4, -0.2) is 24.1 Å². The van der Waals surface area contributed by atoms with Gasteiger partial charge in [0, 0.05) is 30.7 Å². The number of thiocarbonyl (C=S) groups is 1. The van der Waals surface area contributed by atoms with E-state index in [-0.39, 0.29) is 23.9 Å². The second kappa shape index (κ2) is 8.60. The highest BCUT2D eigenvalue weighted by Crippen LogP contribution is 2.10. The van der Waals surface area contributed by atoms with E-state index in [1.807, 2.05) is 6.92 Å². The third-order valence-electron chi connectivity index (χ3n) is 2.64. The lowest BCUT2D eigenvalue weighted by molar-refractivity contribution is -0.122. The second-order valence-electron chi connectivity index (χ2n) is 4.31. The van der Waals surface area contributed by atoms with Crippen LogP contribution in [0.25, 0.3) is 0 Å².